The third-order valence-electron chi connectivity index (χ3n) is 2.67. The second-order valence-corrected chi connectivity index (χ2v) is 3.90. The molecule has 2 aromatic heterocycles. The lowest BCUT2D eigenvalue weighted by Gasteiger charge is -1.97. The summed E-state index contributed by atoms with van der Waals surface area (Å²) in [6, 6.07) is 9.53. The van der Waals surface area contributed by atoms with Crippen molar-refractivity contribution in [3.05, 3.63) is 52.7 Å². The number of rotatable bonds is 2. The Balaban J connectivity index is 2.17. The first-order valence-corrected chi connectivity index (χ1v) is 5.44. The van der Waals surface area contributed by atoms with Crippen LogP contribution in [0.3, 0.4) is 0 Å². The minimum absolute atomic E-state index is 0.0629. The van der Waals surface area contributed by atoms with E-state index < -0.39 is 4.92 Å². The molecule has 0 bridgehead atoms. The second kappa shape index (κ2) is 4.05. The fraction of sp³-hybridized carbons (Fsp3) is 0. The standard InChI is InChI=1S/C12H8N4O3/c17-10-4-2-1-3-9(10)12-13-11-6-5-8(16(18)19)7-15(11)14-12/h1-7,17H. The van der Waals surface area contributed by atoms with Crippen LogP contribution < -0.4 is 0 Å². The van der Waals surface area contributed by atoms with Crippen molar-refractivity contribution in [2.75, 3.05) is 0 Å². The molecular formula is C12H8N4O3. The Morgan fingerprint density at radius 2 is 2.00 bits per heavy atom. The number of nitrogens with zero attached hydrogens (tertiary/aromatic N) is 4. The molecule has 0 fully saturated rings. The van der Waals surface area contributed by atoms with Crippen LogP contribution in [0, 0.1) is 10.1 Å². The van der Waals surface area contributed by atoms with Gasteiger partial charge < -0.3 is 5.11 Å². The van der Waals surface area contributed by atoms with Crippen molar-refractivity contribution < 1.29 is 10.0 Å². The molecule has 7 heteroatoms. The number of fused-ring (bicyclic) bond motifs is 1. The van der Waals surface area contributed by atoms with Crippen molar-refractivity contribution in [2.45, 2.75) is 0 Å². The van der Waals surface area contributed by atoms with Gasteiger partial charge in [0, 0.05) is 6.07 Å². The predicted octanol–water partition coefficient (Wildman–Crippen LogP) is 2.01. The molecule has 0 spiro atoms. The molecule has 0 radical (unpaired) electrons. The summed E-state index contributed by atoms with van der Waals surface area (Å²) < 4.78 is 1.32. The largest absolute Gasteiger partial charge is 0.507 e. The van der Waals surface area contributed by atoms with Gasteiger partial charge in [0.05, 0.1) is 10.5 Å². The Labute approximate surface area is 106 Å². The molecule has 0 aliphatic heterocycles. The van der Waals surface area contributed by atoms with Gasteiger partial charge in [0.1, 0.15) is 11.9 Å². The molecule has 0 amide bonds. The summed E-state index contributed by atoms with van der Waals surface area (Å²) in [5.74, 6) is 0.381. The van der Waals surface area contributed by atoms with E-state index in [-0.39, 0.29) is 11.4 Å². The third kappa shape index (κ3) is 1.86. The highest BCUT2D eigenvalue weighted by Crippen LogP contribution is 2.26. The van der Waals surface area contributed by atoms with Gasteiger partial charge in [-0.3, -0.25) is 10.1 Å². The Morgan fingerprint density at radius 1 is 1.21 bits per heavy atom. The highest BCUT2D eigenvalue weighted by atomic mass is 16.6. The number of pyridine rings is 1. The Hall–Kier alpha value is -2.96. The van der Waals surface area contributed by atoms with E-state index in [2.05, 4.69) is 10.1 Å². The molecule has 0 aliphatic carbocycles. The van der Waals surface area contributed by atoms with E-state index in [9.17, 15) is 15.2 Å². The Bertz CT molecular complexity index is 781. The van der Waals surface area contributed by atoms with Crippen molar-refractivity contribution in [2.24, 2.45) is 0 Å². The number of hydrogen-bond donors (Lipinski definition) is 1. The number of para-hydroxylation sites is 1. The molecule has 0 aliphatic rings. The van der Waals surface area contributed by atoms with Crippen LogP contribution >= 0.6 is 0 Å². The molecule has 3 rings (SSSR count). The number of phenolic OH excluding ortho intramolecular Hbond substituents is 1. The molecule has 2 heterocycles. The molecule has 7 nitrogen and oxygen atoms in total. The van der Waals surface area contributed by atoms with E-state index >= 15 is 0 Å². The smallest absolute Gasteiger partial charge is 0.287 e. The van der Waals surface area contributed by atoms with Crippen molar-refractivity contribution in [1.82, 2.24) is 14.6 Å². The molecule has 0 saturated heterocycles. The fourth-order valence-electron chi connectivity index (χ4n) is 1.76. The maximum atomic E-state index is 10.7. The molecular weight excluding hydrogens is 248 g/mol. The van der Waals surface area contributed by atoms with Crippen molar-refractivity contribution in [1.29, 1.82) is 0 Å². The second-order valence-electron chi connectivity index (χ2n) is 3.90. The van der Waals surface area contributed by atoms with Crippen LogP contribution in [0.15, 0.2) is 42.6 Å². The summed E-state index contributed by atoms with van der Waals surface area (Å²) in [7, 11) is 0. The number of hydrogen-bond acceptors (Lipinski definition) is 5. The van der Waals surface area contributed by atoms with Crippen molar-refractivity contribution in [3.63, 3.8) is 0 Å². The topological polar surface area (TPSA) is 93.6 Å². The van der Waals surface area contributed by atoms with Gasteiger partial charge in [0.25, 0.3) is 5.69 Å². The number of aromatic hydroxyl groups is 1. The molecule has 19 heavy (non-hydrogen) atoms. The summed E-state index contributed by atoms with van der Waals surface area (Å²) in [6.45, 7) is 0. The SMILES string of the molecule is O=[N+]([O-])c1ccc2nc(-c3ccccc3O)nn2c1. The summed E-state index contributed by atoms with van der Waals surface area (Å²) in [4.78, 5) is 14.4. The van der Waals surface area contributed by atoms with E-state index in [1.54, 1.807) is 18.2 Å². The zero-order chi connectivity index (χ0) is 13.4. The lowest BCUT2D eigenvalue weighted by Crippen LogP contribution is -1.92. The molecule has 1 N–H and O–H groups in total. The van der Waals surface area contributed by atoms with E-state index in [0.29, 0.717) is 17.0 Å². The fourth-order valence-corrected chi connectivity index (χ4v) is 1.76. The maximum absolute atomic E-state index is 10.7. The Kier molecular flexibility index (Phi) is 2.38. The zero-order valence-electron chi connectivity index (χ0n) is 9.59. The van der Waals surface area contributed by atoms with Crippen LogP contribution in [0.5, 0.6) is 5.75 Å². The van der Waals surface area contributed by atoms with E-state index in [1.165, 1.54) is 28.9 Å². The van der Waals surface area contributed by atoms with Crippen LogP contribution in [0.25, 0.3) is 17.0 Å². The highest BCUT2D eigenvalue weighted by molar-refractivity contribution is 5.65. The minimum Gasteiger partial charge on any atom is -0.507 e. The third-order valence-corrected chi connectivity index (χ3v) is 2.67. The van der Waals surface area contributed by atoms with Crippen LogP contribution in [-0.4, -0.2) is 24.6 Å². The molecule has 3 aromatic rings. The van der Waals surface area contributed by atoms with E-state index in [0.717, 1.165) is 0 Å². The van der Waals surface area contributed by atoms with Crippen molar-refractivity contribution >= 4 is 11.3 Å². The first kappa shape index (κ1) is 11.1. The van der Waals surface area contributed by atoms with Gasteiger partial charge in [0.2, 0.25) is 0 Å². The van der Waals surface area contributed by atoms with Crippen LogP contribution in [-0.2, 0) is 0 Å². The van der Waals surface area contributed by atoms with Gasteiger partial charge in [0.15, 0.2) is 11.5 Å². The number of benzene rings is 1. The highest BCUT2D eigenvalue weighted by Gasteiger charge is 2.12. The number of phenols is 1. The average molecular weight is 256 g/mol. The van der Waals surface area contributed by atoms with Crippen LogP contribution in [0.1, 0.15) is 0 Å². The monoisotopic (exact) mass is 256 g/mol. The lowest BCUT2D eigenvalue weighted by molar-refractivity contribution is -0.385. The maximum Gasteiger partial charge on any atom is 0.287 e. The quantitative estimate of drug-likeness (QED) is 0.559. The van der Waals surface area contributed by atoms with Gasteiger partial charge in [-0.15, -0.1) is 5.10 Å². The lowest BCUT2D eigenvalue weighted by atomic mass is 10.2. The summed E-state index contributed by atoms with van der Waals surface area (Å²) >= 11 is 0. The molecule has 0 atom stereocenters. The minimum atomic E-state index is -0.499. The van der Waals surface area contributed by atoms with Gasteiger partial charge in [-0.1, -0.05) is 12.1 Å². The average Bonchev–Trinajstić information content (AvgIpc) is 2.81. The molecule has 0 saturated carbocycles. The predicted molar refractivity (Wildman–Crippen MR) is 66.7 cm³/mol. The van der Waals surface area contributed by atoms with E-state index in [1.807, 2.05) is 0 Å². The molecule has 0 unspecified atom stereocenters. The Morgan fingerprint density at radius 3 is 2.74 bits per heavy atom. The summed E-state index contributed by atoms with van der Waals surface area (Å²) in [6.07, 6.45) is 1.28. The van der Waals surface area contributed by atoms with Gasteiger partial charge in [-0.05, 0) is 18.2 Å². The first-order valence-electron chi connectivity index (χ1n) is 5.44. The molecule has 94 valence electrons. The van der Waals surface area contributed by atoms with Crippen LogP contribution in [0.4, 0.5) is 5.69 Å². The van der Waals surface area contributed by atoms with Gasteiger partial charge in [-0.2, -0.15) is 0 Å². The first-order chi connectivity index (χ1) is 9.15. The normalized spacial score (nSPS) is 10.7. The van der Waals surface area contributed by atoms with Gasteiger partial charge >= 0.3 is 0 Å². The summed E-state index contributed by atoms with van der Waals surface area (Å²) in [5.41, 5.74) is 0.888. The van der Waals surface area contributed by atoms with Crippen LogP contribution in [0.2, 0.25) is 0 Å². The number of nitro groups is 1. The zero-order valence-corrected chi connectivity index (χ0v) is 9.59. The van der Waals surface area contributed by atoms with Gasteiger partial charge in [-0.25, -0.2) is 9.50 Å². The molecule has 1 aromatic carbocycles. The van der Waals surface area contributed by atoms with E-state index in [4.69, 9.17) is 0 Å². The van der Waals surface area contributed by atoms with Crippen molar-refractivity contribution in [3.8, 4) is 17.1 Å². The number of aromatic nitrogens is 3. The summed E-state index contributed by atoms with van der Waals surface area (Å²) in [5, 5.41) is 24.5.